The molecule has 0 saturated carbocycles. The van der Waals surface area contributed by atoms with Gasteiger partial charge in [-0.3, -0.25) is 4.79 Å². The number of amidine groups is 1. The van der Waals surface area contributed by atoms with Gasteiger partial charge in [0.15, 0.2) is 0 Å². The van der Waals surface area contributed by atoms with Gasteiger partial charge in [-0.1, -0.05) is 5.16 Å². The van der Waals surface area contributed by atoms with E-state index in [4.69, 9.17) is 15.7 Å². The van der Waals surface area contributed by atoms with Gasteiger partial charge in [0.25, 0.3) is 0 Å². The lowest BCUT2D eigenvalue weighted by molar-refractivity contribution is -0.121. The predicted octanol–water partition coefficient (Wildman–Crippen LogP) is 0.444. The normalized spacial score (nSPS) is 13.5. The molecule has 0 fully saturated rings. The van der Waals surface area contributed by atoms with Crippen molar-refractivity contribution >= 4 is 11.7 Å². The molecule has 0 aliphatic heterocycles. The van der Waals surface area contributed by atoms with Crippen molar-refractivity contribution in [1.29, 1.82) is 0 Å². The molecule has 1 unspecified atom stereocenters. The Balaban J connectivity index is 3.44. The van der Waals surface area contributed by atoms with Gasteiger partial charge in [-0.2, -0.15) is 0 Å². The highest BCUT2D eigenvalue weighted by Crippen LogP contribution is 1.99. The van der Waals surface area contributed by atoms with E-state index < -0.39 is 0 Å². The molecule has 1 amide bonds. The van der Waals surface area contributed by atoms with Gasteiger partial charge in [-0.05, 0) is 19.8 Å². The van der Waals surface area contributed by atoms with Crippen LogP contribution in [0.5, 0.6) is 0 Å². The number of oxime groups is 1. The Morgan fingerprint density at radius 2 is 2.25 bits per heavy atom. The quantitative estimate of drug-likeness (QED) is 0.186. The van der Waals surface area contributed by atoms with Gasteiger partial charge in [0.05, 0.1) is 6.10 Å². The summed E-state index contributed by atoms with van der Waals surface area (Å²) in [7, 11) is 1.62. The summed E-state index contributed by atoms with van der Waals surface area (Å²) >= 11 is 0. The molecule has 0 aromatic heterocycles. The number of hydrogen-bond acceptors (Lipinski definition) is 4. The Bertz CT molecular complexity index is 231. The van der Waals surface area contributed by atoms with E-state index >= 15 is 0 Å². The molecule has 94 valence electrons. The maximum Gasteiger partial charge on any atom is 0.220 e. The first-order valence-electron chi connectivity index (χ1n) is 5.36. The van der Waals surface area contributed by atoms with E-state index in [2.05, 4.69) is 10.5 Å². The van der Waals surface area contributed by atoms with Gasteiger partial charge in [-0.25, -0.2) is 0 Å². The Kier molecular flexibility index (Phi) is 8.24. The minimum absolute atomic E-state index is 0.00316. The fraction of sp³-hybridized carbons (Fsp3) is 0.800. The summed E-state index contributed by atoms with van der Waals surface area (Å²) in [4.78, 5) is 11.3. The molecular weight excluding hydrogens is 210 g/mol. The molecule has 0 spiro atoms. The van der Waals surface area contributed by atoms with Crippen LogP contribution >= 0.6 is 0 Å². The number of hydrogen-bond donors (Lipinski definition) is 3. The van der Waals surface area contributed by atoms with E-state index in [1.54, 1.807) is 7.11 Å². The van der Waals surface area contributed by atoms with Gasteiger partial charge in [-0.15, -0.1) is 0 Å². The zero-order chi connectivity index (χ0) is 12.4. The van der Waals surface area contributed by atoms with Crippen molar-refractivity contribution < 1.29 is 14.7 Å². The molecule has 1 atom stereocenters. The highest BCUT2D eigenvalue weighted by molar-refractivity contribution is 5.79. The van der Waals surface area contributed by atoms with Crippen molar-refractivity contribution in [2.45, 2.75) is 38.7 Å². The number of nitrogens with two attached hydrogens (primary N) is 1. The molecule has 0 aromatic carbocycles. The highest BCUT2D eigenvalue weighted by Gasteiger charge is 2.05. The third-order valence-electron chi connectivity index (χ3n) is 2.24. The van der Waals surface area contributed by atoms with Crippen molar-refractivity contribution in [1.82, 2.24) is 5.32 Å². The number of carbonyl (C=O) groups excluding carboxylic acids is 1. The van der Waals surface area contributed by atoms with Crippen LogP contribution in [0.2, 0.25) is 0 Å². The number of ether oxygens (including phenoxy) is 1. The predicted molar refractivity (Wildman–Crippen MR) is 61.4 cm³/mol. The van der Waals surface area contributed by atoms with Crippen LogP contribution in [0, 0.1) is 0 Å². The van der Waals surface area contributed by atoms with E-state index in [0.29, 0.717) is 32.2 Å². The zero-order valence-corrected chi connectivity index (χ0v) is 9.90. The summed E-state index contributed by atoms with van der Waals surface area (Å²) in [5.74, 6) is 0.186. The number of nitrogens with one attached hydrogen (secondary N) is 1. The average Bonchev–Trinajstić information content (AvgIpc) is 2.31. The minimum Gasteiger partial charge on any atom is -0.409 e. The lowest BCUT2D eigenvalue weighted by atomic mass is 10.2. The van der Waals surface area contributed by atoms with Crippen LogP contribution in [0.15, 0.2) is 5.16 Å². The molecule has 6 heteroatoms. The van der Waals surface area contributed by atoms with Crippen LogP contribution in [0.3, 0.4) is 0 Å². The number of amides is 1. The SMILES string of the molecule is COC(C)CCC(=O)NCCCC(N)=NO. The molecule has 16 heavy (non-hydrogen) atoms. The van der Waals surface area contributed by atoms with Crippen molar-refractivity contribution in [3.05, 3.63) is 0 Å². The van der Waals surface area contributed by atoms with E-state index in [1.165, 1.54) is 0 Å². The molecule has 0 bridgehead atoms. The van der Waals surface area contributed by atoms with Crippen molar-refractivity contribution in [2.75, 3.05) is 13.7 Å². The molecule has 4 N–H and O–H groups in total. The minimum atomic E-state index is 0.00316. The van der Waals surface area contributed by atoms with Gasteiger partial charge in [0.2, 0.25) is 5.91 Å². The number of nitrogens with zero attached hydrogens (tertiary/aromatic N) is 1. The Labute approximate surface area is 95.8 Å². The first-order valence-corrected chi connectivity index (χ1v) is 5.36. The molecule has 0 rings (SSSR count). The highest BCUT2D eigenvalue weighted by atomic mass is 16.5. The number of methoxy groups -OCH3 is 1. The third-order valence-corrected chi connectivity index (χ3v) is 2.24. The molecule has 0 aliphatic rings. The van der Waals surface area contributed by atoms with Gasteiger partial charge < -0.3 is 21.0 Å². The molecule has 0 radical (unpaired) electrons. The maximum absolute atomic E-state index is 11.3. The first-order chi connectivity index (χ1) is 7.60. The molecule has 0 aromatic rings. The Morgan fingerprint density at radius 3 is 2.81 bits per heavy atom. The standard InChI is InChI=1S/C10H21N3O3/c1-8(16-2)5-6-10(14)12-7-3-4-9(11)13-15/h8,15H,3-7H2,1-2H3,(H2,11,13)(H,12,14). The summed E-state index contributed by atoms with van der Waals surface area (Å²) in [6.45, 7) is 2.46. The zero-order valence-electron chi connectivity index (χ0n) is 9.90. The summed E-state index contributed by atoms with van der Waals surface area (Å²) in [6.07, 6.45) is 2.41. The van der Waals surface area contributed by atoms with Crippen molar-refractivity contribution in [2.24, 2.45) is 10.9 Å². The molecule has 6 nitrogen and oxygen atoms in total. The summed E-state index contributed by atoms with van der Waals surface area (Å²) < 4.78 is 5.03. The van der Waals surface area contributed by atoms with Crippen molar-refractivity contribution in [3.8, 4) is 0 Å². The summed E-state index contributed by atoms with van der Waals surface area (Å²) in [5.41, 5.74) is 5.28. The molecule has 0 aliphatic carbocycles. The second-order valence-electron chi connectivity index (χ2n) is 3.63. The Morgan fingerprint density at radius 1 is 1.56 bits per heavy atom. The fourth-order valence-corrected chi connectivity index (χ4v) is 1.09. The third kappa shape index (κ3) is 8.05. The topological polar surface area (TPSA) is 96.9 Å². The first kappa shape index (κ1) is 14.7. The van der Waals surface area contributed by atoms with Crippen LogP contribution in [-0.4, -0.2) is 36.7 Å². The molecule has 0 saturated heterocycles. The monoisotopic (exact) mass is 231 g/mol. The van der Waals surface area contributed by atoms with E-state index in [1.807, 2.05) is 6.92 Å². The van der Waals surface area contributed by atoms with Gasteiger partial charge in [0.1, 0.15) is 5.84 Å². The van der Waals surface area contributed by atoms with Gasteiger partial charge >= 0.3 is 0 Å². The van der Waals surface area contributed by atoms with Crippen LogP contribution in [0.25, 0.3) is 0 Å². The largest absolute Gasteiger partial charge is 0.409 e. The molecule has 0 heterocycles. The van der Waals surface area contributed by atoms with Crippen LogP contribution in [-0.2, 0) is 9.53 Å². The second-order valence-corrected chi connectivity index (χ2v) is 3.63. The number of rotatable bonds is 8. The van der Waals surface area contributed by atoms with E-state index in [9.17, 15) is 4.79 Å². The lowest BCUT2D eigenvalue weighted by Crippen LogP contribution is -2.26. The maximum atomic E-state index is 11.3. The average molecular weight is 231 g/mol. The van der Waals surface area contributed by atoms with E-state index in [0.717, 1.165) is 0 Å². The van der Waals surface area contributed by atoms with E-state index in [-0.39, 0.29) is 17.8 Å². The van der Waals surface area contributed by atoms with Crippen LogP contribution in [0.4, 0.5) is 0 Å². The molecular formula is C10H21N3O3. The Hall–Kier alpha value is -1.30. The van der Waals surface area contributed by atoms with Crippen molar-refractivity contribution in [3.63, 3.8) is 0 Å². The van der Waals surface area contributed by atoms with Crippen LogP contribution < -0.4 is 11.1 Å². The smallest absolute Gasteiger partial charge is 0.220 e. The lowest BCUT2D eigenvalue weighted by Gasteiger charge is -2.09. The summed E-state index contributed by atoms with van der Waals surface area (Å²) in [6, 6.07) is 0. The fourth-order valence-electron chi connectivity index (χ4n) is 1.09. The number of carbonyl (C=O) groups is 1. The second kappa shape index (κ2) is 8.96. The summed E-state index contributed by atoms with van der Waals surface area (Å²) in [5, 5.41) is 13.9. The van der Waals surface area contributed by atoms with Crippen LogP contribution in [0.1, 0.15) is 32.6 Å². The van der Waals surface area contributed by atoms with Gasteiger partial charge in [0, 0.05) is 26.5 Å².